The molecule has 0 aliphatic rings. The van der Waals surface area contributed by atoms with Crippen LogP contribution in [-0.2, 0) is 0 Å². The summed E-state index contributed by atoms with van der Waals surface area (Å²) < 4.78 is 9.31. The van der Waals surface area contributed by atoms with Crippen LogP contribution in [0.2, 0.25) is 0 Å². The largest absolute Gasteiger partial charge is 0.455 e. The number of furan rings is 1. The van der Waals surface area contributed by atoms with Gasteiger partial charge < -0.3 is 13.9 Å². The molecule has 0 saturated heterocycles. The van der Waals surface area contributed by atoms with Crippen molar-refractivity contribution in [2.45, 2.75) is 0 Å². The van der Waals surface area contributed by atoms with Crippen LogP contribution in [0.25, 0.3) is 104 Å². The molecular weight excluding hydrogens is 789 g/mol. The molecule has 3 heteroatoms. The molecule has 0 aliphatic heterocycles. The van der Waals surface area contributed by atoms with Crippen molar-refractivity contribution in [1.82, 2.24) is 4.57 Å². The minimum Gasteiger partial charge on any atom is -0.455 e. The van der Waals surface area contributed by atoms with Gasteiger partial charge in [-0.1, -0.05) is 176 Å². The highest BCUT2D eigenvalue weighted by atomic mass is 16.3. The number of nitrogens with zero attached hydrogens (tertiary/aromatic N) is 2. The maximum atomic E-state index is 6.90. The molecule has 3 nitrogen and oxygen atoms in total. The Bertz CT molecular complexity index is 3890. The summed E-state index contributed by atoms with van der Waals surface area (Å²) >= 11 is 0. The van der Waals surface area contributed by atoms with Gasteiger partial charge in [-0.2, -0.15) is 0 Å². The molecule has 0 fully saturated rings. The summed E-state index contributed by atoms with van der Waals surface area (Å²) in [5.41, 5.74) is 15.2. The number of hydrogen-bond donors (Lipinski definition) is 0. The van der Waals surface area contributed by atoms with Crippen LogP contribution in [0.5, 0.6) is 0 Å². The minimum absolute atomic E-state index is 0.862. The number of hydrogen-bond acceptors (Lipinski definition) is 2. The first-order valence-electron chi connectivity index (χ1n) is 22.2. The number of aromatic nitrogens is 1. The van der Waals surface area contributed by atoms with Gasteiger partial charge in [0.25, 0.3) is 0 Å². The molecule has 65 heavy (non-hydrogen) atoms. The second kappa shape index (κ2) is 15.0. The summed E-state index contributed by atoms with van der Waals surface area (Å²) in [7, 11) is 0. The summed E-state index contributed by atoms with van der Waals surface area (Å²) in [6.07, 6.45) is 0. The van der Waals surface area contributed by atoms with Crippen LogP contribution in [-0.4, -0.2) is 4.57 Å². The lowest BCUT2D eigenvalue weighted by molar-refractivity contribution is 0.670. The molecule has 0 spiro atoms. The van der Waals surface area contributed by atoms with Gasteiger partial charge in [-0.15, -0.1) is 0 Å². The van der Waals surface area contributed by atoms with E-state index in [4.69, 9.17) is 4.42 Å². The van der Waals surface area contributed by atoms with Crippen molar-refractivity contribution in [3.8, 4) is 39.1 Å². The fraction of sp³-hybridized carbons (Fsp3) is 0. The number of rotatable bonds is 7. The van der Waals surface area contributed by atoms with E-state index in [0.717, 1.165) is 66.8 Å². The monoisotopic (exact) mass is 828 g/mol. The predicted molar refractivity (Wildman–Crippen MR) is 274 cm³/mol. The van der Waals surface area contributed by atoms with Crippen LogP contribution in [0.1, 0.15) is 0 Å². The molecule has 0 atom stereocenters. The zero-order valence-corrected chi connectivity index (χ0v) is 35.4. The van der Waals surface area contributed by atoms with Gasteiger partial charge in [0.2, 0.25) is 0 Å². The van der Waals surface area contributed by atoms with E-state index in [2.05, 4.69) is 252 Å². The third-order valence-electron chi connectivity index (χ3n) is 13.2. The van der Waals surface area contributed by atoms with E-state index in [1.54, 1.807) is 0 Å². The third kappa shape index (κ3) is 6.12. The van der Waals surface area contributed by atoms with E-state index in [0.29, 0.717) is 0 Å². The highest BCUT2D eigenvalue weighted by Crippen LogP contribution is 2.46. The summed E-state index contributed by atoms with van der Waals surface area (Å²) in [5.74, 6) is 0. The standard InChI is InChI=1S/C62H40N2O/c1-2-16-45-38-46(29-28-41(45)14-1)42-30-34-47(35-31-42)63(48-36-32-44(33-37-48)51-23-13-17-43-15-3-4-18-50(43)51)49-39-56(62-57(40-49)55-22-8-12-27-61(55)65-62)54-21-7-11-26-60(54)64-58-24-9-5-19-52(58)53-20-6-10-25-59(53)64/h1-40H. The van der Waals surface area contributed by atoms with Gasteiger partial charge in [0.15, 0.2) is 0 Å². The minimum atomic E-state index is 0.862. The van der Waals surface area contributed by atoms with Crippen LogP contribution in [0.15, 0.2) is 247 Å². The molecule has 0 N–H and O–H groups in total. The Morgan fingerprint density at radius 2 is 0.862 bits per heavy atom. The van der Waals surface area contributed by atoms with Crippen molar-refractivity contribution in [2.24, 2.45) is 0 Å². The van der Waals surface area contributed by atoms with Crippen LogP contribution in [0, 0.1) is 0 Å². The Labute approximate surface area is 376 Å². The lowest BCUT2D eigenvalue weighted by Crippen LogP contribution is -2.10. The maximum absolute atomic E-state index is 6.90. The normalized spacial score (nSPS) is 11.7. The van der Waals surface area contributed by atoms with Crippen molar-refractivity contribution in [3.05, 3.63) is 243 Å². The summed E-state index contributed by atoms with van der Waals surface area (Å²) in [6.45, 7) is 0. The molecular formula is C62H40N2O. The fourth-order valence-electron chi connectivity index (χ4n) is 10.1. The predicted octanol–water partition coefficient (Wildman–Crippen LogP) is 17.5. The third-order valence-corrected chi connectivity index (χ3v) is 13.2. The second-order valence-electron chi connectivity index (χ2n) is 16.9. The second-order valence-corrected chi connectivity index (χ2v) is 16.9. The topological polar surface area (TPSA) is 21.3 Å². The van der Waals surface area contributed by atoms with Crippen LogP contribution >= 0.6 is 0 Å². The molecule has 0 aliphatic carbocycles. The van der Waals surface area contributed by atoms with Gasteiger partial charge in [-0.25, -0.2) is 0 Å². The molecule has 304 valence electrons. The molecule has 0 radical (unpaired) electrons. The fourth-order valence-corrected chi connectivity index (χ4v) is 10.1. The molecule has 2 aromatic heterocycles. The SMILES string of the molecule is c1ccc(-n2c3ccccc3c3ccccc32)c(-c2cc(N(c3ccc(-c4ccc5ccccc5c4)cc3)c3ccc(-c4cccc5ccccc45)cc3)cc3c2oc2ccccc23)c1. The van der Waals surface area contributed by atoms with E-state index in [1.807, 2.05) is 0 Å². The Balaban J connectivity index is 1.03. The van der Waals surface area contributed by atoms with Gasteiger partial charge in [0, 0.05) is 49.7 Å². The average Bonchev–Trinajstić information content (AvgIpc) is 3.92. The summed E-state index contributed by atoms with van der Waals surface area (Å²) in [4.78, 5) is 2.39. The van der Waals surface area contributed by atoms with Crippen molar-refractivity contribution in [3.63, 3.8) is 0 Å². The van der Waals surface area contributed by atoms with Gasteiger partial charge in [-0.3, -0.25) is 0 Å². The van der Waals surface area contributed by atoms with Crippen molar-refractivity contribution in [1.29, 1.82) is 0 Å². The Kier molecular flexibility index (Phi) is 8.53. The Morgan fingerprint density at radius 1 is 0.308 bits per heavy atom. The zero-order chi connectivity index (χ0) is 42.8. The molecule has 0 amide bonds. The molecule has 11 aromatic carbocycles. The molecule has 0 bridgehead atoms. The van der Waals surface area contributed by atoms with Gasteiger partial charge in [-0.05, 0) is 111 Å². The Hall–Kier alpha value is -8.66. The number of anilines is 3. The lowest BCUT2D eigenvalue weighted by Gasteiger charge is -2.27. The van der Waals surface area contributed by atoms with Crippen molar-refractivity contribution >= 4 is 82.4 Å². The van der Waals surface area contributed by atoms with E-state index >= 15 is 0 Å². The number of fused-ring (bicyclic) bond motifs is 8. The van der Waals surface area contributed by atoms with Gasteiger partial charge >= 0.3 is 0 Å². The quantitative estimate of drug-likeness (QED) is 0.160. The van der Waals surface area contributed by atoms with Crippen LogP contribution < -0.4 is 4.90 Å². The molecule has 13 rings (SSSR count). The number of benzene rings is 11. The van der Waals surface area contributed by atoms with Gasteiger partial charge in [0.1, 0.15) is 11.2 Å². The van der Waals surface area contributed by atoms with Crippen molar-refractivity contribution < 1.29 is 4.42 Å². The smallest absolute Gasteiger partial charge is 0.143 e. The zero-order valence-electron chi connectivity index (χ0n) is 35.4. The number of para-hydroxylation sites is 4. The van der Waals surface area contributed by atoms with E-state index in [-0.39, 0.29) is 0 Å². The highest BCUT2D eigenvalue weighted by Gasteiger charge is 2.23. The van der Waals surface area contributed by atoms with Crippen LogP contribution in [0.4, 0.5) is 17.1 Å². The molecule has 2 heterocycles. The first-order chi connectivity index (χ1) is 32.2. The van der Waals surface area contributed by atoms with Crippen molar-refractivity contribution in [2.75, 3.05) is 4.90 Å². The lowest BCUT2D eigenvalue weighted by atomic mass is 9.97. The maximum Gasteiger partial charge on any atom is 0.143 e. The van der Waals surface area contributed by atoms with E-state index in [9.17, 15) is 0 Å². The highest BCUT2D eigenvalue weighted by molar-refractivity contribution is 6.14. The molecule has 0 unspecified atom stereocenters. The first kappa shape index (κ1) is 36.9. The average molecular weight is 829 g/mol. The van der Waals surface area contributed by atoms with Crippen LogP contribution in [0.3, 0.4) is 0 Å². The van der Waals surface area contributed by atoms with Gasteiger partial charge in [0.05, 0.1) is 16.7 Å². The van der Waals surface area contributed by atoms with E-state index in [1.165, 1.54) is 54.6 Å². The summed E-state index contributed by atoms with van der Waals surface area (Å²) in [5, 5.41) is 9.55. The Morgan fingerprint density at radius 3 is 1.62 bits per heavy atom. The van der Waals surface area contributed by atoms with E-state index < -0.39 is 0 Å². The molecule has 13 aromatic rings. The summed E-state index contributed by atoms with van der Waals surface area (Å²) in [6, 6.07) is 87.8. The first-order valence-corrected chi connectivity index (χ1v) is 22.2. The molecule has 0 saturated carbocycles.